The van der Waals surface area contributed by atoms with E-state index in [4.69, 9.17) is 22.8 Å². The van der Waals surface area contributed by atoms with Gasteiger partial charge in [0.1, 0.15) is 11.7 Å². The second kappa shape index (κ2) is 26.4. The Morgan fingerprint density at radius 1 is 0.317 bits per heavy atom. The molecule has 0 radical (unpaired) electrons. The van der Waals surface area contributed by atoms with Crippen LogP contribution in [0.4, 0.5) is 0 Å². The first-order chi connectivity index (χ1) is 40.2. The SMILES string of the molecule is C#Cc1ccc(-c2cccc(-c3ccc(C#CC#Cc4ccc(-c5cccc(-c6ccc(C#C)cc6)c5C(=N[C@H](C)c5ccccc5)N[C@H](C)c5ccccc5)cc4)cc3)c2C(=N[C@H](C)c2ccccc2)NC(C)c2ccccc2)cc1. The average molecular weight is 1060 g/mol. The Morgan fingerprint density at radius 3 is 0.866 bits per heavy atom. The highest BCUT2D eigenvalue weighted by Gasteiger charge is 2.23. The van der Waals surface area contributed by atoms with Gasteiger partial charge >= 0.3 is 0 Å². The molecule has 0 aliphatic rings. The Balaban J connectivity index is 0.969. The molecule has 0 aromatic heterocycles. The fourth-order valence-corrected chi connectivity index (χ4v) is 10.1. The maximum atomic E-state index is 5.81. The maximum absolute atomic E-state index is 5.81. The van der Waals surface area contributed by atoms with Crippen molar-refractivity contribution in [1.29, 1.82) is 0 Å². The summed E-state index contributed by atoms with van der Waals surface area (Å²) < 4.78 is 0. The van der Waals surface area contributed by atoms with Gasteiger partial charge in [0, 0.05) is 45.5 Å². The molecule has 394 valence electrons. The first-order valence-corrected chi connectivity index (χ1v) is 27.7. The van der Waals surface area contributed by atoms with Crippen molar-refractivity contribution < 1.29 is 0 Å². The van der Waals surface area contributed by atoms with Crippen molar-refractivity contribution in [3.05, 3.63) is 310 Å². The summed E-state index contributed by atoms with van der Waals surface area (Å²) in [6.45, 7) is 8.65. The van der Waals surface area contributed by atoms with Gasteiger partial charge in [-0.3, -0.25) is 9.98 Å². The molecule has 2 N–H and O–H groups in total. The van der Waals surface area contributed by atoms with Crippen molar-refractivity contribution in [2.24, 2.45) is 9.98 Å². The predicted octanol–water partition coefficient (Wildman–Crippen LogP) is 17.4. The van der Waals surface area contributed by atoms with Crippen LogP contribution in [0.15, 0.2) is 265 Å². The van der Waals surface area contributed by atoms with E-state index in [9.17, 15) is 0 Å². The number of terminal acetylenes is 2. The maximum Gasteiger partial charge on any atom is 0.130 e. The van der Waals surface area contributed by atoms with Crippen molar-refractivity contribution in [3.8, 4) is 92.9 Å². The van der Waals surface area contributed by atoms with E-state index in [0.717, 1.165) is 112 Å². The van der Waals surface area contributed by atoms with Crippen molar-refractivity contribution in [3.63, 3.8) is 0 Å². The van der Waals surface area contributed by atoms with Crippen LogP contribution in [0.5, 0.6) is 0 Å². The molecular formula is C78H62N4. The number of benzene rings is 10. The monoisotopic (exact) mass is 1050 g/mol. The van der Waals surface area contributed by atoms with Gasteiger partial charge in [0.25, 0.3) is 0 Å². The lowest BCUT2D eigenvalue weighted by Gasteiger charge is -2.24. The second-order valence-corrected chi connectivity index (χ2v) is 20.2. The standard InChI is InChI=1S/C78H62N4/c1-7-59-39-47-67(48-40-59)71-35-23-37-73(75(71)77(79-55(3)63-27-13-9-14-28-63)80-56(4)64-29-15-10-16-30-64)69-51-43-61(44-52-69)25-21-22-26-62-45-53-70(54-46-62)74-38-24-36-72(68-49-41-60(8-2)42-50-68)76(74)78(81-57(5)65-31-17-11-18-32-65)82-58(6)66-33-19-12-20-34-66/h1-2,9-20,23-24,27-58H,3-6H3,(H,79,80)(H,81,82)/t55-,56-,57-,58?/m1/s1. The first kappa shape index (κ1) is 54.7. The van der Waals surface area contributed by atoms with Crippen LogP contribution in [0.25, 0.3) is 44.5 Å². The van der Waals surface area contributed by atoms with Crippen LogP contribution in [0.2, 0.25) is 0 Å². The Morgan fingerprint density at radius 2 is 0.585 bits per heavy atom. The van der Waals surface area contributed by atoms with E-state index >= 15 is 0 Å². The summed E-state index contributed by atoms with van der Waals surface area (Å²) >= 11 is 0. The molecule has 0 spiro atoms. The number of aliphatic imine (C=N–C) groups is 2. The highest BCUT2D eigenvalue weighted by Crippen LogP contribution is 2.37. The van der Waals surface area contributed by atoms with Crippen LogP contribution in [-0.2, 0) is 0 Å². The summed E-state index contributed by atoms with van der Waals surface area (Å²) in [5.74, 6) is 20.0. The molecule has 0 saturated heterocycles. The zero-order valence-electron chi connectivity index (χ0n) is 46.6. The topological polar surface area (TPSA) is 48.8 Å². The van der Waals surface area contributed by atoms with Crippen LogP contribution in [0.3, 0.4) is 0 Å². The molecule has 0 bridgehead atoms. The summed E-state index contributed by atoms with van der Waals surface area (Å²) in [5, 5.41) is 7.74. The molecule has 10 rings (SSSR count). The summed E-state index contributed by atoms with van der Waals surface area (Å²) in [5.41, 5.74) is 18.2. The molecule has 10 aromatic rings. The number of nitrogens with zero attached hydrogens (tertiary/aromatic N) is 2. The van der Waals surface area contributed by atoms with Gasteiger partial charge in [-0.05, 0) is 155 Å². The van der Waals surface area contributed by atoms with Gasteiger partial charge in [-0.1, -0.05) is 230 Å². The molecule has 4 nitrogen and oxygen atoms in total. The highest BCUT2D eigenvalue weighted by atomic mass is 15.0. The van der Waals surface area contributed by atoms with Crippen LogP contribution < -0.4 is 10.6 Å². The van der Waals surface area contributed by atoms with Gasteiger partial charge in [0.05, 0.1) is 12.1 Å². The molecule has 4 atom stereocenters. The second-order valence-electron chi connectivity index (χ2n) is 20.2. The van der Waals surface area contributed by atoms with Crippen molar-refractivity contribution in [2.45, 2.75) is 51.9 Å². The zero-order chi connectivity index (χ0) is 56.6. The smallest absolute Gasteiger partial charge is 0.130 e. The number of hydrogen-bond acceptors (Lipinski definition) is 2. The highest BCUT2D eigenvalue weighted by molar-refractivity contribution is 6.11. The molecule has 0 heterocycles. The van der Waals surface area contributed by atoms with Gasteiger partial charge in [-0.25, -0.2) is 0 Å². The van der Waals surface area contributed by atoms with Gasteiger partial charge in [-0.2, -0.15) is 0 Å². The van der Waals surface area contributed by atoms with E-state index in [0.29, 0.717) is 0 Å². The zero-order valence-corrected chi connectivity index (χ0v) is 46.6. The lowest BCUT2D eigenvalue weighted by atomic mass is 9.89. The molecule has 4 heteroatoms. The summed E-state index contributed by atoms with van der Waals surface area (Å²) in [7, 11) is 0. The van der Waals surface area contributed by atoms with E-state index in [1.54, 1.807) is 0 Å². The average Bonchev–Trinajstić information content (AvgIpc) is 3.64. The van der Waals surface area contributed by atoms with Crippen LogP contribution >= 0.6 is 0 Å². The third kappa shape index (κ3) is 13.3. The number of amidine groups is 2. The number of rotatable bonds is 14. The van der Waals surface area contributed by atoms with Crippen LogP contribution in [-0.4, -0.2) is 11.7 Å². The normalized spacial score (nSPS) is 12.6. The van der Waals surface area contributed by atoms with Gasteiger partial charge in [0.2, 0.25) is 0 Å². The Labute approximate surface area is 484 Å². The minimum atomic E-state index is -0.133. The van der Waals surface area contributed by atoms with Crippen LogP contribution in [0.1, 0.15) is 107 Å². The van der Waals surface area contributed by atoms with E-state index in [2.05, 4.69) is 280 Å². The van der Waals surface area contributed by atoms with E-state index < -0.39 is 0 Å². The summed E-state index contributed by atoms with van der Waals surface area (Å²) in [6, 6.07) is 87.4. The molecular weight excluding hydrogens is 993 g/mol. The Kier molecular flexibility index (Phi) is 17.6. The largest absolute Gasteiger partial charge is 0.363 e. The van der Waals surface area contributed by atoms with Gasteiger partial charge in [0.15, 0.2) is 0 Å². The minimum Gasteiger partial charge on any atom is -0.363 e. The Hall–Kier alpha value is -10.6. The summed E-state index contributed by atoms with van der Waals surface area (Å²) in [6.07, 6.45) is 11.6. The molecule has 0 aliphatic heterocycles. The molecule has 10 aromatic carbocycles. The first-order valence-electron chi connectivity index (χ1n) is 27.7. The van der Waals surface area contributed by atoms with Gasteiger partial charge in [-0.15, -0.1) is 12.8 Å². The number of nitrogens with one attached hydrogen (secondary N) is 2. The third-order valence-corrected chi connectivity index (χ3v) is 14.7. The molecule has 0 amide bonds. The molecule has 1 unspecified atom stereocenters. The van der Waals surface area contributed by atoms with Crippen molar-refractivity contribution in [1.82, 2.24) is 10.6 Å². The molecule has 0 fully saturated rings. The molecule has 0 saturated carbocycles. The minimum absolute atomic E-state index is 0.0389. The van der Waals surface area contributed by atoms with E-state index in [1.165, 1.54) is 0 Å². The fraction of sp³-hybridized carbons (Fsp3) is 0.103. The van der Waals surface area contributed by atoms with Crippen LogP contribution in [0, 0.1) is 48.4 Å². The lowest BCUT2D eigenvalue weighted by Crippen LogP contribution is -2.29. The van der Waals surface area contributed by atoms with Crippen molar-refractivity contribution in [2.75, 3.05) is 0 Å². The predicted molar refractivity (Wildman–Crippen MR) is 343 cm³/mol. The van der Waals surface area contributed by atoms with Crippen molar-refractivity contribution >= 4 is 11.7 Å². The molecule has 0 aliphatic carbocycles. The fourth-order valence-electron chi connectivity index (χ4n) is 10.1. The van der Waals surface area contributed by atoms with E-state index in [1.807, 2.05) is 48.5 Å². The lowest BCUT2D eigenvalue weighted by molar-refractivity contribution is 0.703. The number of hydrogen-bond donors (Lipinski definition) is 2. The Bertz CT molecular complexity index is 3800. The quantitative estimate of drug-likeness (QED) is 0.0648. The van der Waals surface area contributed by atoms with Gasteiger partial charge < -0.3 is 10.6 Å². The summed E-state index contributed by atoms with van der Waals surface area (Å²) in [4.78, 5) is 11.0. The molecule has 82 heavy (non-hydrogen) atoms. The van der Waals surface area contributed by atoms with E-state index in [-0.39, 0.29) is 24.2 Å². The third-order valence-electron chi connectivity index (χ3n) is 14.7.